The molecule has 0 aliphatic rings. The summed E-state index contributed by atoms with van der Waals surface area (Å²) in [4.78, 5) is 11.7. The van der Waals surface area contributed by atoms with E-state index in [-0.39, 0.29) is 23.9 Å². The first-order valence-corrected chi connectivity index (χ1v) is 7.32. The molecule has 4 heteroatoms. The fourth-order valence-electron chi connectivity index (χ4n) is 1.33. The Balaban J connectivity index is 3.85. The van der Waals surface area contributed by atoms with E-state index in [2.05, 4.69) is 19.2 Å². The highest BCUT2D eigenvalue weighted by molar-refractivity contribution is 7.99. The van der Waals surface area contributed by atoms with Crippen molar-refractivity contribution in [2.24, 2.45) is 11.7 Å². The standard InChI is InChI=1S/C12H26N2OS/c1-5-9(3)11(13)12(15)14-10(4)7-8-16-6-2/h9-11H,5-8,13H2,1-4H3,(H,14,15)/t9-,10?,11-/m0/s1. The van der Waals surface area contributed by atoms with Gasteiger partial charge in [0.1, 0.15) is 0 Å². The average molecular weight is 246 g/mol. The van der Waals surface area contributed by atoms with Crippen molar-refractivity contribution in [3.05, 3.63) is 0 Å². The van der Waals surface area contributed by atoms with Crippen LogP contribution < -0.4 is 11.1 Å². The van der Waals surface area contributed by atoms with Crippen LogP contribution in [0.1, 0.15) is 40.5 Å². The van der Waals surface area contributed by atoms with E-state index in [1.807, 2.05) is 25.6 Å². The largest absolute Gasteiger partial charge is 0.352 e. The van der Waals surface area contributed by atoms with Gasteiger partial charge in [-0.15, -0.1) is 0 Å². The number of carbonyl (C=O) groups excluding carboxylic acids is 1. The van der Waals surface area contributed by atoms with Gasteiger partial charge in [0.25, 0.3) is 0 Å². The summed E-state index contributed by atoms with van der Waals surface area (Å²) in [6.45, 7) is 8.26. The lowest BCUT2D eigenvalue weighted by Crippen LogP contribution is -2.47. The fourth-order valence-corrected chi connectivity index (χ4v) is 2.14. The highest BCUT2D eigenvalue weighted by Gasteiger charge is 2.20. The number of nitrogens with one attached hydrogen (secondary N) is 1. The molecule has 0 aromatic heterocycles. The average Bonchev–Trinajstić information content (AvgIpc) is 2.27. The molecule has 0 aliphatic carbocycles. The molecule has 0 rings (SSSR count). The third kappa shape index (κ3) is 6.38. The number of hydrogen-bond acceptors (Lipinski definition) is 3. The molecule has 1 amide bonds. The maximum absolute atomic E-state index is 11.7. The fraction of sp³-hybridized carbons (Fsp3) is 0.917. The molecular formula is C12H26N2OS. The van der Waals surface area contributed by atoms with Crippen molar-refractivity contribution in [1.29, 1.82) is 0 Å². The highest BCUT2D eigenvalue weighted by atomic mass is 32.2. The quantitative estimate of drug-likeness (QED) is 0.644. The van der Waals surface area contributed by atoms with Crippen molar-refractivity contribution >= 4 is 17.7 Å². The molecule has 0 radical (unpaired) electrons. The maximum atomic E-state index is 11.7. The number of amides is 1. The van der Waals surface area contributed by atoms with Gasteiger partial charge in [0.05, 0.1) is 6.04 Å². The van der Waals surface area contributed by atoms with Crippen LogP contribution in [0.4, 0.5) is 0 Å². The van der Waals surface area contributed by atoms with Crippen molar-refractivity contribution in [3.8, 4) is 0 Å². The lowest BCUT2D eigenvalue weighted by atomic mass is 9.99. The van der Waals surface area contributed by atoms with E-state index in [9.17, 15) is 4.79 Å². The van der Waals surface area contributed by atoms with Crippen LogP contribution in [0.25, 0.3) is 0 Å². The lowest BCUT2D eigenvalue weighted by molar-refractivity contribution is -0.124. The number of carbonyl (C=O) groups is 1. The minimum atomic E-state index is -0.369. The smallest absolute Gasteiger partial charge is 0.237 e. The number of nitrogens with two attached hydrogens (primary N) is 1. The molecule has 16 heavy (non-hydrogen) atoms. The number of thioether (sulfide) groups is 1. The predicted octanol–water partition coefficient (Wildman–Crippen LogP) is 2.01. The molecule has 3 nitrogen and oxygen atoms in total. The van der Waals surface area contributed by atoms with Gasteiger partial charge in [-0.25, -0.2) is 0 Å². The molecule has 0 saturated carbocycles. The topological polar surface area (TPSA) is 55.1 Å². The van der Waals surface area contributed by atoms with Crippen LogP contribution in [0.2, 0.25) is 0 Å². The summed E-state index contributed by atoms with van der Waals surface area (Å²) in [5.74, 6) is 2.46. The van der Waals surface area contributed by atoms with E-state index in [0.29, 0.717) is 0 Å². The lowest BCUT2D eigenvalue weighted by Gasteiger charge is -2.21. The molecule has 0 aromatic carbocycles. The summed E-state index contributed by atoms with van der Waals surface area (Å²) < 4.78 is 0. The first-order chi connectivity index (χ1) is 7.52. The minimum Gasteiger partial charge on any atom is -0.352 e. The summed E-state index contributed by atoms with van der Waals surface area (Å²) >= 11 is 1.90. The normalized spacial score (nSPS) is 16.6. The molecule has 0 bridgehead atoms. The van der Waals surface area contributed by atoms with Crippen LogP contribution in [0.15, 0.2) is 0 Å². The molecule has 3 N–H and O–H groups in total. The van der Waals surface area contributed by atoms with Gasteiger partial charge in [-0.05, 0) is 30.8 Å². The Hall–Kier alpha value is -0.220. The summed E-state index contributed by atoms with van der Waals surface area (Å²) in [5, 5.41) is 2.98. The molecule has 0 fully saturated rings. The van der Waals surface area contributed by atoms with Crippen molar-refractivity contribution in [2.45, 2.75) is 52.6 Å². The number of rotatable bonds is 8. The SMILES string of the molecule is CCSCCC(C)NC(=O)[C@@H](N)[C@@H](C)CC. The van der Waals surface area contributed by atoms with Crippen LogP contribution in [-0.2, 0) is 4.79 Å². The van der Waals surface area contributed by atoms with Crippen LogP contribution in [-0.4, -0.2) is 29.5 Å². The van der Waals surface area contributed by atoms with E-state index in [0.717, 1.165) is 24.3 Å². The van der Waals surface area contributed by atoms with Crippen LogP contribution in [0.3, 0.4) is 0 Å². The van der Waals surface area contributed by atoms with Gasteiger partial charge in [-0.1, -0.05) is 27.2 Å². The predicted molar refractivity (Wildman–Crippen MR) is 72.7 cm³/mol. The summed E-state index contributed by atoms with van der Waals surface area (Å²) in [7, 11) is 0. The van der Waals surface area contributed by atoms with Gasteiger partial charge in [-0.2, -0.15) is 11.8 Å². The zero-order valence-corrected chi connectivity index (χ0v) is 11.8. The monoisotopic (exact) mass is 246 g/mol. The van der Waals surface area contributed by atoms with Crippen molar-refractivity contribution in [3.63, 3.8) is 0 Å². The van der Waals surface area contributed by atoms with Crippen molar-refractivity contribution < 1.29 is 4.79 Å². The first kappa shape index (κ1) is 15.8. The molecule has 96 valence electrons. The van der Waals surface area contributed by atoms with Gasteiger partial charge in [0, 0.05) is 6.04 Å². The summed E-state index contributed by atoms with van der Waals surface area (Å²) in [6, 6.07) is -0.145. The van der Waals surface area contributed by atoms with E-state index in [1.54, 1.807) is 0 Å². The van der Waals surface area contributed by atoms with E-state index in [4.69, 9.17) is 5.73 Å². The molecule has 0 aromatic rings. The van der Waals surface area contributed by atoms with Crippen LogP contribution in [0.5, 0.6) is 0 Å². The highest BCUT2D eigenvalue weighted by Crippen LogP contribution is 2.07. The zero-order chi connectivity index (χ0) is 12.6. The molecule has 0 heterocycles. The second-order valence-electron chi connectivity index (χ2n) is 4.31. The van der Waals surface area contributed by atoms with Gasteiger partial charge >= 0.3 is 0 Å². The second-order valence-corrected chi connectivity index (χ2v) is 5.70. The third-order valence-corrected chi connectivity index (χ3v) is 3.78. The number of hydrogen-bond donors (Lipinski definition) is 2. The van der Waals surface area contributed by atoms with E-state index < -0.39 is 0 Å². The van der Waals surface area contributed by atoms with Crippen molar-refractivity contribution in [2.75, 3.05) is 11.5 Å². The Labute approximate surface area is 104 Å². The van der Waals surface area contributed by atoms with Crippen LogP contribution >= 0.6 is 11.8 Å². The first-order valence-electron chi connectivity index (χ1n) is 6.16. The molecule has 0 aliphatic heterocycles. The Kier molecular flexibility index (Phi) is 8.76. The van der Waals surface area contributed by atoms with Gasteiger partial charge in [0.15, 0.2) is 0 Å². The maximum Gasteiger partial charge on any atom is 0.237 e. The Morgan fingerprint density at radius 2 is 2.00 bits per heavy atom. The Morgan fingerprint density at radius 1 is 1.38 bits per heavy atom. The van der Waals surface area contributed by atoms with Crippen LogP contribution in [0, 0.1) is 5.92 Å². The van der Waals surface area contributed by atoms with E-state index in [1.165, 1.54) is 0 Å². The van der Waals surface area contributed by atoms with E-state index >= 15 is 0 Å². The molecular weight excluding hydrogens is 220 g/mol. The minimum absolute atomic E-state index is 0.0108. The molecule has 0 spiro atoms. The molecule has 3 atom stereocenters. The third-order valence-electron chi connectivity index (χ3n) is 2.85. The molecule has 0 saturated heterocycles. The summed E-state index contributed by atoms with van der Waals surface area (Å²) in [5.41, 5.74) is 5.86. The second kappa shape index (κ2) is 8.88. The Morgan fingerprint density at radius 3 is 2.50 bits per heavy atom. The molecule has 1 unspecified atom stereocenters. The Bertz CT molecular complexity index is 199. The zero-order valence-electron chi connectivity index (χ0n) is 11.0. The van der Waals surface area contributed by atoms with Gasteiger partial charge in [0.2, 0.25) is 5.91 Å². The van der Waals surface area contributed by atoms with Gasteiger partial charge in [-0.3, -0.25) is 4.79 Å². The van der Waals surface area contributed by atoms with Gasteiger partial charge < -0.3 is 11.1 Å². The summed E-state index contributed by atoms with van der Waals surface area (Å²) in [6.07, 6.45) is 1.95. The van der Waals surface area contributed by atoms with Crippen molar-refractivity contribution in [1.82, 2.24) is 5.32 Å².